The number of piperidine rings is 1. The number of nitro benzene ring substituents is 1. The molecule has 1 heterocycles. The molecule has 1 aromatic carbocycles. The van der Waals surface area contributed by atoms with Gasteiger partial charge in [-0.1, -0.05) is 19.3 Å². The average Bonchev–Trinajstić information content (AvgIpc) is 2.62. The number of carbonyl (C=O) groups is 2. The molecule has 1 saturated heterocycles. The van der Waals surface area contributed by atoms with Gasteiger partial charge in [-0.25, -0.2) is 4.79 Å². The monoisotopic (exact) mass is 346 g/mol. The lowest BCUT2D eigenvalue weighted by molar-refractivity contribution is -0.384. The summed E-state index contributed by atoms with van der Waals surface area (Å²) < 4.78 is 0. The van der Waals surface area contributed by atoms with E-state index in [4.69, 9.17) is 5.11 Å². The van der Waals surface area contributed by atoms with E-state index in [1.165, 1.54) is 44.2 Å². The van der Waals surface area contributed by atoms with Crippen molar-refractivity contribution < 1.29 is 19.6 Å². The van der Waals surface area contributed by atoms with E-state index in [1.807, 2.05) is 0 Å². The second-order valence-corrected chi connectivity index (χ2v) is 7.18. The Morgan fingerprint density at radius 3 is 2.16 bits per heavy atom. The molecule has 1 spiro atoms. The van der Waals surface area contributed by atoms with Crippen molar-refractivity contribution >= 4 is 17.6 Å². The molecule has 7 heteroatoms. The Balaban J connectivity index is 1.77. The number of non-ortho nitro benzene ring substituents is 1. The maximum absolute atomic E-state index is 12.7. The van der Waals surface area contributed by atoms with Gasteiger partial charge in [0.1, 0.15) is 0 Å². The topological polar surface area (TPSA) is 101 Å². The third kappa shape index (κ3) is 3.65. The van der Waals surface area contributed by atoms with Gasteiger partial charge in [0.15, 0.2) is 0 Å². The summed E-state index contributed by atoms with van der Waals surface area (Å²) in [5, 5.41) is 20.1. The van der Waals surface area contributed by atoms with Crippen LogP contribution in [0.5, 0.6) is 0 Å². The zero-order valence-electron chi connectivity index (χ0n) is 14.1. The van der Waals surface area contributed by atoms with Crippen molar-refractivity contribution in [3.05, 3.63) is 39.4 Å². The standard InChI is InChI=1S/C18H22N2O5/c21-16(13-10-14(17(22)23)12-15(11-13)20(24)25)19-8-6-18(7-9-19)4-2-1-3-5-18/h10-12H,1-9H2,(H,22,23). The summed E-state index contributed by atoms with van der Waals surface area (Å²) in [6.07, 6.45) is 8.14. The zero-order valence-corrected chi connectivity index (χ0v) is 14.1. The van der Waals surface area contributed by atoms with Crippen LogP contribution in [0.2, 0.25) is 0 Å². The number of carboxylic acid groups (broad SMARTS) is 1. The second kappa shape index (κ2) is 6.82. The van der Waals surface area contributed by atoms with Crippen LogP contribution in [0.3, 0.4) is 0 Å². The van der Waals surface area contributed by atoms with Gasteiger partial charge in [-0.2, -0.15) is 0 Å². The molecule has 0 atom stereocenters. The van der Waals surface area contributed by atoms with Gasteiger partial charge >= 0.3 is 5.97 Å². The summed E-state index contributed by atoms with van der Waals surface area (Å²) >= 11 is 0. The van der Waals surface area contributed by atoms with E-state index in [2.05, 4.69) is 0 Å². The first-order valence-electron chi connectivity index (χ1n) is 8.72. The van der Waals surface area contributed by atoms with E-state index in [1.54, 1.807) is 4.90 Å². The highest BCUT2D eigenvalue weighted by molar-refractivity contribution is 5.98. The number of hydrogen-bond acceptors (Lipinski definition) is 4. The number of amides is 1. The van der Waals surface area contributed by atoms with E-state index < -0.39 is 10.9 Å². The minimum atomic E-state index is -1.28. The van der Waals surface area contributed by atoms with Gasteiger partial charge in [0, 0.05) is 30.8 Å². The van der Waals surface area contributed by atoms with Crippen LogP contribution in [0.4, 0.5) is 5.69 Å². The van der Waals surface area contributed by atoms with Crippen molar-refractivity contribution in [2.24, 2.45) is 5.41 Å². The molecule has 2 aliphatic rings. The summed E-state index contributed by atoms with van der Waals surface area (Å²) in [7, 11) is 0. The Bertz CT molecular complexity index is 667. The molecule has 1 N–H and O–H groups in total. The van der Waals surface area contributed by atoms with Crippen molar-refractivity contribution in [3.63, 3.8) is 0 Å². The van der Waals surface area contributed by atoms with Crippen LogP contribution < -0.4 is 0 Å². The molecule has 0 aromatic heterocycles. The van der Waals surface area contributed by atoms with Gasteiger partial charge in [0.25, 0.3) is 11.6 Å². The van der Waals surface area contributed by atoms with Crippen LogP contribution >= 0.6 is 0 Å². The number of benzene rings is 1. The molecule has 2 fully saturated rings. The number of nitrogens with zero attached hydrogens (tertiary/aromatic N) is 2. The zero-order chi connectivity index (χ0) is 18.0. The highest BCUT2D eigenvalue weighted by Gasteiger charge is 2.37. The lowest BCUT2D eigenvalue weighted by Crippen LogP contribution is -2.44. The molecule has 1 aromatic rings. The lowest BCUT2D eigenvalue weighted by atomic mass is 9.68. The minimum absolute atomic E-state index is 0.0752. The lowest BCUT2D eigenvalue weighted by Gasteiger charge is -2.44. The highest BCUT2D eigenvalue weighted by atomic mass is 16.6. The van der Waals surface area contributed by atoms with Gasteiger partial charge in [0.05, 0.1) is 10.5 Å². The quantitative estimate of drug-likeness (QED) is 0.667. The second-order valence-electron chi connectivity index (χ2n) is 7.18. The number of carboxylic acids is 1. The molecule has 1 aliphatic heterocycles. The van der Waals surface area contributed by atoms with Crippen LogP contribution in [0.1, 0.15) is 65.7 Å². The number of nitro groups is 1. The van der Waals surface area contributed by atoms with Gasteiger partial charge in [-0.05, 0) is 37.2 Å². The van der Waals surface area contributed by atoms with E-state index in [0.717, 1.165) is 18.9 Å². The fraction of sp³-hybridized carbons (Fsp3) is 0.556. The fourth-order valence-corrected chi connectivity index (χ4v) is 4.13. The maximum atomic E-state index is 12.7. The van der Waals surface area contributed by atoms with Gasteiger partial charge < -0.3 is 10.0 Å². The number of hydrogen-bond donors (Lipinski definition) is 1. The summed E-state index contributed by atoms with van der Waals surface area (Å²) in [4.78, 5) is 36.0. The fourth-order valence-electron chi connectivity index (χ4n) is 4.13. The molecule has 3 rings (SSSR count). The molecule has 0 unspecified atom stereocenters. The van der Waals surface area contributed by atoms with Crippen molar-refractivity contribution in [3.8, 4) is 0 Å². The number of aromatic carboxylic acids is 1. The molecule has 1 aliphatic carbocycles. The molecular formula is C18H22N2O5. The number of carbonyl (C=O) groups excluding carboxylic acids is 1. The van der Waals surface area contributed by atoms with E-state index >= 15 is 0 Å². The summed E-state index contributed by atoms with van der Waals surface area (Å²) in [5.74, 6) is -1.60. The van der Waals surface area contributed by atoms with Crippen LogP contribution in [0.15, 0.2) is 18.2 Å². The summed E-state index contributed by atoms with van der Waals surface area (Å²) in [6.45, 7) is 1.26. The van der Waals surface area contributed by atoms with E-state index in [-0.39, 0.29) is 22.7 Å². The van der Waals surface area contributed by atoms with Gasteiger partial charge in [0.2, 0.25) is 0 Å². The summed E-state index contributed by atoms with van der Waals surface area (Å²) in [6, 6.07) is 3.37. The Hall–Kier alpha value is -2.44. The molecule has 1 saturated carbocycles. The average molecular weight is 346 g/mol. The predicted octanol–water partition coefficient (Wildman–Crippen LogP) is 3.48. The summed E-state index contributed by atoms with van der Waals surface area (Å²) in [5.41, 5.74) is -0.183. The Morgan fingerprint density at radius 1 is 1.00 bits per heavy atom. The van der Waals surface area contributed by atoms with Crippen LogP contribution in [0.25, 0.3) is 0 Å². The minimum Gasteiger partial charge on any atom is -0.478 e. The highest BCUT2D eigenvalue weighted by Crippen LogP contribution is 2.44. The van der Waals surface area contributed by atoms with Gasteiger partial charge in [-0.15, -0.1) is 0 Å². The Kier molecular flexibility index (Phi) is 4.74. The Morgan fingerprint density at radius 2 is 1.60 bits per heavy atom. The third-order valence-electron chi connectivity index (χ3n) is 5.65. The maximum Gasteiger partial charge on any atom is 0.335 e. The molecule has 0 bridgehead atoms. The normalized spacial score (nSPS) is 19.6. The smallest absolute Gasteiger partial charge is 0.335 e. The van der Waals surface area contributed by atoms with Crippen molar-refractivity contribution in [2.45, 2.75) is 44.9 Å². The molecule has 25 heavy (non-hydrogen) atoms. The van der Waals surface area contributed by atoms with Gasteiger partial charge in [-0.3, -0.25) is 14.9 Å². The largest absolute Gasteiger partial charge is 0.478 e. The third-order valence-corrected chi connectivity index (χ3v) is 5.65. The molecular weight excluding hydrogens is 324 g/mol. The van der Waals surface area contributed by atoms with E-state index in [9.17, 15) is 19.7 Å². The van der Waals surface area contributed by atoms with E-state index in [0.29, 0.717) is 18.5 Å². The first kappa shape index (κ1) is 17.4. The van der Waals surface area contributed by atoms with Crippen molar-refractivity contribution in [1.29, 1.82) is 0 Å². The predicted molar refractivity (Wildman–Crippen MR) is 90.7 cm³/mol. The Labute approximate surface area is 145 Å². The SMILES string of the molecule is O=C(O)c1cc(C(=O)N2CCC3(CCCCC3)CC2)cc([N+](=O)[O-])c1. The molecule has 1 amide bonds. The van der Waals surface area contributed by atoms with Crippen LogP contribution in [-0.4, -0.2) is 39.9 Å². The van der Waals surface area contributed by atoms with Crippen LogP contribution in [0, 0.1) is 15.5 Å². The molecule has 0 radical (unpaired) electrons. The molecule has 7 nitrogen and oxygen atoms in total. The van der Waals surface area contributed by atoms with Crippen LogP contribution in [-0.2, 0) is 0 Å². The number of likely N-dealkylation sites (tertiary alicyclic amines) is 1. The first-order valence-corrected chi connectivity index (χ1v) is 8.72. The van der Waals surface area contributed by atoms with Crippen molar-refractivity contribution in [1.82, 2.24) is 4.90 Å². The van der Waals surface area contributed by atoms with Crippen molar-refractivity contribution in [2.75, 3.05) is 13.1 Å². The molecule has 134 valence electrons. The number of rotatable bonds is 3. The first-order chi connectivity index (χ1) is 11.9.